The minimum absolute atomic E-state index is 0.122. The summed E-state index contributed by atoms with van der Waals surface area (Å²) in [4.78, 5) is 2.18. The maximum Gasteiger partial charge on any atom is 0.126 e. The molecule has 0 saturated carbocycles. The van der Waals surface area contributed by atoms with Crippen LogP contribution in [-0.2, 0) is 13.0 Å². The number of halogens is 1. The largest absolute Gasteiger partial charge is 0.399 e. The molecular formula is C16H19FN2. The number of nitrogens with two attached hydrogens (primary N) is 1. The lowest BCUT2D eigenvalue weighted by atomic mass is 10.1. The second-order valence-corrected chi connectivity index (χ2v) is 4.82. The minimum atomic E-state index is -0.122. The Hall–Kier alpha value is -1.87. The van der Waals surface area contributed by atoms with Crippen LogP contribution in [0.15, 0.2) is 48.5 Å². The molecule has 0 aliphatic heterocycles. The molecule has 0 aliphatic rings. The van der Waals surface area contributed by atoms with Crippen LogP contribution in [0.2, 0.25) is 0 Å². The molecule has 3 heteroatoms. The number of likely N-dealkylation sites (N-methyl/N-ethyl adjacent to an activating group) is 1. The van der Waals surface area contributed by atoms with Gasteiger partial charge in [0.1, 0.15) is 5.82 Å². The van der Waals surface area contributed by atoms with E-state index < -0.39 is 0 Å². The molecule has 100 valence electrons. The van der Waals surface area contributed by atoms with Gasteiger partial charge in [0, 0.05) is 18.8 Å². The molecule has 19 heavy (non-hydrogen) atoms. The van der Waals surface area contributed by atoms with Crippen molar-refractivity contribution in [1.82, 2.24) is 4.90 Å². The summed E-state index contributed by atoms with van der Waals surface area (Å²) in [6, 6.07) is 14.8. The quantitative estimate of drug-likeness (QED) is 0.835. The zero-order valence-electron chi connectivity index (χ0n) is 11.1. The average molecular weight is 258 g/mol. The van der Waals surface area contributed by atoms with Crippen molar-refractivity contribution in [3.05, 3.63) is 65.5 Å². The second kappa shape index (κ2) is 6.34. The topological polar surface area (TPSA) is 29.3 Å². The predicted octanol–water partition coefficient (Wildman–Crippen LogP) is 3.08. The lowest BCUT2D eigenvalue weighted by molar-refractivity contribution is 0.329. The first-order chi connectivity index (χ1) is 9.15. The van der Waals surface area contributed by atoms with Gasteiger partial charge in [-0.2, -0.15) is 0 Å². The van der Waals surface area contributed by atoms with E-state index in [0.29, 0.717) is 0 Å². The SMILES string of the molecule is CN(CCc1ccccc1F)Cc1ccc(N)cc1. The van der Waals surface area contributed by atoms with Crippen LogP contribution >= 0.6 is 0 Å². The summed E-state index contributed by atoms with van der Waals surface area (Å²) in [5.74, 6) is -0.122. The Labute approximate surface area is 113 Å². The van der Waals surface area contributed by atoms with E-state index in [1.807, 2.05) is 43.4 Å². The molecule has 0 bridgehead atoms. The molecule has 2 nitrogen and oxygen atoms in total. The van der Waals surface area contributed by atoms with E-state index in [-0.39, 0.29) is 5.82 Å². The fraction of sp³-hybridized carbons (Fsp3) is 0.250. The number of nitrogens with zero attached hydrogens (tertiary/aromatic N) is 1. The van der Waals surface area contributed by atoms with Crippen molar-refractivity contribution < 1.29 is 4.39 Å². The molecule has 2 aromatic carbocycles. The average Bonchev–Trinajstić information content (AvgIpc) is 2.40. The van der Waals surface area contributed by atoms with Gasteiger partial charge in [0.15, 0.2) is 0 Å². The van der Waals surface area contributed by atoms with Crippen LogP contribution in [-0.4, -0.2) is 18.5 Å². The van der Waals surface area contributed by atoms with Gasteiger partial charge in [0.2, 0.25) is 0 Å². The summed E-state index contributed by atoms with van der Waals surface area (Å²) >= 11 is 0. The highest BCUT2D eigenvalue weighted by Crippen LogP contribution is 2.10. The molecule has 0 unspecified atom stereocenters. The Bertz CT molecular complexity index is 523. The Morgan fingerprint density at radius 3 is 2.42 bits per heavy atom. The number of hydrogen-bond acceptors (Lipinski definition) is 2. The first-order valence-electron chi connectivity index (χ1n) is 6.41. The van der Waals surface area contributed by atoms with E-state index in [9.17, 15) is 4.39 Å². The normalized spacial score (nSPS) is 10.9. The van der Waals surface area contributed by atoms with Crippen LogP contribution in [0.3, 0.4) is 0 Å². The van der Waals surface area contributed by atoms with Crippen molar-refractivity contribution in [1.29, 1.82) is 0 Å². The molecule has 2 rings (SSSR count). The lowest BCUT2D eigenvalue weighted by Crippen LogP contribution is -2.21. The van der Waals surface area contributed by atoms with Gasteiger partial charge in [-0.1, -0.05) is 30.3 Å². The molecule has 2 aromatic rings. The van der Waals surface area contributed by atoms with Gasteiger partial charge in [-0.05, 0) is 42.8 Å². The molecule has 2 N–H and O–H groups in total. The lowest BCUT2D eigenvalue weighted by Gasteiger charge is -2.17. The van der Waals surface area contributed by atoms with Crippen LogP contribution in [0.5, 0.6) is 0 Å². The molecule has 0 aromatic heterocycles. The third-order valence-electron chi connectivity index (χ3n) is 3.15. The minimum Gasteiger partial charge on any atom is -0.399 e. The predicted molar refractivity (Wildman–Crippen MR) is 77.3 cm³/mol. The number of anilines is 1. The first kappa shape index (κ1) is 13.6. The standard InChI is InChI=1S/C16H19FN2/c1-19(12-13-6-8-15(18)9-7-13)11-10-14-4-2-3-5-16(14)17/h2-9H,10-12,18H2,1H3. The summed E-state index contributed by atoms with van der Waals surface area (Å²) in [7, 11) is 2.04. The third kappa shape index (κ3) is 4.07. The second-order valence-electron chi connectivity index (χ2n) is 4.82. The number of nitrogen functional groups attached to an aromatic ring is 1. The Balaban J connectivity index is 1.86. The van der Waals surface area contributed by atoms with Gasteiger partial charge < -0.3 is 10.6 Å². The molecule has 0 spiro atoms. The van der Waals surface area contributed by atoms with Crippen molar-refractivity contribution in [3.63, 3.8) is 0 Å². The Morgan fingerprint density at radius 1 is 1.05 bits per heavy atom. The van der Waals surface area contributed by atoms with Crippen LogP contribution < -0.4 is 5.73 Å². The Morgan fingerprint density at radius 2 is 1.74 bits per heavy atom. The van der Waals surface area contributed by atoms with Crippen LogP contribution in [0.4, 0.5) is 10.1 Å². The molecule has 0 amide bonds. The van der Waals surface area contributed by atoms with Crippen molar-refractivity contribution >= 4 is 5.69 Å². The van der Waals surface area contributed by atoms with Gasteiger partial charge in [-0.15, -0.1) is 0 Å². The van der Waals surface area contributed by atoms with Gasteiger partial charge >= 0.3 is 0 Å². The van der Waals surface area contributed by atoms with E-state index >= 15 is 0 Å². The zero-order valence-corrected chi connectivity index (χ0v) is 11.1. The van der Waals surface area contributed by atoms with Crippen molar-refractivity contribution in [2.45, 2.75) is 13.0 Å². The number of rotatable bonds is 5. The van der Waals surface area contributed by atoms with Crippen LogP contribution in [0, 0.1) is 5.82 Å². The summed E-state index contributed by atoms with van der Waals surface area (Å²) in [6.07, 6.45) is 0.720. The molecular weight excluding hydrogens is 239 g/mol. The van der Waals surface area contributed by atoms with Crippen molar-refractivity contribution in [2.75, 3.05) is 19.3 Å². The van der Waals surface area contributed by atoms with E-state index in [4.69, 9.17) is 5.73 Å². The van der Waals surface area contributed by atoms with Gasteiger partial charge in [-0.25, -0.2) is 4.39 Å². The third-order valence-corrected chi connectivity index (χ3v) is 3.15. The summed E-state index contributed by atoms with van der Waals surface area (Å²) in [5, 5.41) is 0. The van der Waals surface area contributed by atoms with E-state index in [2.05, 4.69) is 4.90 Å². The van der Waals surface area contributed by atoms with Crippen LogP contribution in [0.25, 0.3) is 0 Å². The summed E-state index contributed by atoms with van der Waals surface area (Å²) in [6.45, 7) is 1.67. The molecule has 0 heterocycles. The van der Waals surface area contributed by atoms with Crippen molar-refractivity contribution in [3.8, 4) is 0 Å². The van der Waals surface area contributed by atoms with Gasteiger partial charge in [-0.3, -0.25) is 0 Å². The highest BCUT2D eigenvalue weighted by Gasteiger charge is 2.04. The fourth-order valence-electron chi connectivity index (χ4n) is 2.03. The van der Waals surface area contributed by atoms with E-state index in [1.165, 1.54) is 11.6 Å². The number of hydrogen-bond donors (Lipinski definition) is 1. The highest BCUT2D eigenvalue weighted by atomic mass is 19.1. The van der Waals surface area contributed by atoms with Gasteiger partial charge in [0.25, 0.3) is 0 Å². The summed E-state index contributed by atoms with van der Waals surface area (Å²) < 4.78 is 13.5. The van der Waals surface area contributed by atoms with Gasteiger partial charge in [0.05, 0.1) is 0 Å². The van der Waals surface area contributed by atoms with E-state index in [0.717, 1.165) is 30.8 Å². The maximum absolute atomic E-state index is 13.5. The molecule has 0 fully saturated rings. The van der Waals surface area contributed by atoms with Crippen LogP contribution in [0.1, 0.15) is 11.1 Å². The number of benzene rings is 2. The molecule has 0 saturated heterocycles. The summed E-state index contributed by atoms with van der Waals surface area (Å²) in [5.41, 5.74) is 8.41. The van der Waals surface area contributed by atoms with Crippen molar-refractivity contribution in [2.24, 2.45) is 0 Å². The Kier molecular flexibility index (Phi) is 4.53. The maximum atomic E-state index is 13.5. The molecule has 0 atom stereocenters. The van der Waals surface area contributed by atoms with E-state index in [1.54, 1.807) is 6.07 Å². The zero-order chi connectivity index (χ0) is 13.7. The first-order valence-corrected chi connectivity index (χ1v) is 6.41. The smallest absolute Gasteiger partial charge is 0.126 e. The highest BCUT2D eigenvalue weighted by molar-refractivity contribution is 5.39. The molecule has 0 aliphatic carbocycles. The molecule has 0 radical (unpaired) electrons. The fourth-order valence-corrected chi connectivity index (χ4v) is 2.03. The monoisotopic (exact) mass is 258 g/mol.